The molecule has 0 aromatic carbocycles. The maximum Gasteiger partial charge on any atom is 0.355 e. The Morgan fingerprint density at radius 3 is 2.42 bits per heavy atom. The van der Waals surface area contributed by atoms with E-state index in [-0.39, 0.29) is 23.9 Å². The van der Waals surface area contributed by atoms with Gasteiger partial charge in [-0.1, -0.05) is 0 Å². The highest BCUT2D eigenvalue weighted by Gasteiger charge is 2.28. The van der Waals surface area contributed by atoms with Crippen LogP contribution in [0.25, 0.3) is 0 Å². The van der Waals surface area contributed by atoms with E-state index in [2.05, 4.69) is 15.6 Å². The van der Waals surface area contributed by atoms with Crippen molar-refractivity contribution in [1.82, 2.24) is 15.6 Å². The summed E-state index contributed by atoms with van der Waals surface area (Å²) in [6, 6.07) is -0.508. The Bertz CT molecular complexity index is 735. The molecule has 1 aliphatic rings. The molecular weight excluding hydrogens is 342 g/mol. The molecule has 0 saturated heterocycles. The molecule has 0 unspecified atom stereocenters. The lowest BCUT2D eigenvalue weighted by Gasteiger charge is -2.13. The minimum absolute atomic E-state index is 0.104. The number of hydrogen-bond donors (Lipinski definition) is 3. The van der Waals surface area contributed by atoms with Crippen molar-refractivity contribution in [2.75, 3.05) is 6.61 Å². The molecule has 1 aliphatic carbocycles. The molecule has 1 aromatic heterocycles. The van der Waals surface area contributed by atoms with E-state index >= 15 is 0 Å². The topological polar surface area (TPSA) is 127 Å². The first-order valence-electron chi connectivity index (χ1n) is 8.43. The summed E-state index contributed by atoms with van der Waals surface area (Å²) >= 11 is 0. The van der Waals surface area contributed by atoms with E-state index < -0.39 is 30.0 Å². The summed E-state index contributed by atoms with van der Waals surface area (Å²) in [7, 11) is 0. The lowest BCUT2D eigenvalue weighted by atomic mass is 10.1. The van der Waals surface area contributed by atoms with Gasteiger partial charge in [0.2, 0.25) is 0 Å². The Morgan fingerprint density at radius 1 is 1.19 bits per heavy atom. The fourth-order valence-electron chi connectivity index (χ4n) is 2.40. The van der Waals surface area contributed by atoms with Gasteiger partial charge in [-0.2, -0.15) is 0 Å². The third kappa shape index (κ3) is 4.62. The first-order valence-corrected chi connectivity index (χ1v) is 8.43. The summed E-state index contributed by atoms with van der Waals surface area (Å²) < 4.78 is 10.1. The Morgan fingerprint density at radius 2 is 1.85 bits per heavy atom. The molecule has 9 nitrogen and oxygen atoms in total. The minimum Gasteiger partial charge on any atom is -0.461 e. The normalized spacial score (nSPS) is 14.3. The van der Waals surface area contributed by atoms with Crippen molar-refractivity contribution in [2.45, 2.75) is 52.7 Å². The average Bonchev–Trinajstić information content (AvgIpc) is 3.30. The Balaban J connectivity index is 2.00. The van der Waals surface area contributed by atoms with Gasteiger partial charge in [-0.15, -0.1) is 0 Å². The number of ether oxygens (including phenoxy) is 2. The van der Waals surface area contributed by atoms with Crippen LogP contribution in [0, 0.1) is 13.8 Å². The molecule has 0 aliphatic heterocycles. The van der Waals surface area contributed by atoms with E-state index in [1.54, 1.807) is 20.8 Å². The number of hydrogen-bond acceptors (Lipinski definition) is 6. The van der Waals surface area contributed by atoms with E-state index in [4.69, 9.17) is 9.47 Å². The number of carbonyl (C=O) groups is 4. The number of esters is 2. The molecule has 9 heteroatoms. The second kappa shape index (κ2) is 8.03. The monoisotopic (exact) mass is 365 g/mol. The molecular formula is C17H23N3O6. The fraction of sp³-hybridized carbons (Fsp3) is 0.529. The van der Waals surface area contributed by atoms with Gasteiger partial charge in [0.15, 0.2) is 6.10 Å². The van der Waals surface area contributed by atoms with Crippen molar-refractivity contribution < 1.29 is 28.7 Å². The van der Waals surface area contributed by atoms with Gasteiger partial charge in [-0.25, -0.2) is 14.4 Å². The van der Waals surface area contributed by atoms with Crippen molar-refractivity contribution in [3.63, 3.8) is 0 Å². The van der Waals surface area contributed by atoms with Crippen LogP contribution in [0.2, 0.25) is 0 Å². The highest BCUT2D eigenvalue weighted by Crippen LogP contribution is 2.20. The van der Waals surface area contributed by atoms with E-state index in [1.807, 2.05) is 0 Å². The van der Waals surface area contributed by atoms with Crippen molar-refractivity contribution in [3.8, 4) is 0 Å². The molecule has 1 aromatic rings. The molecule has 142 valence electrons. The van der Waals surface area contributed by atoms with Gasteiger partial charge >= 0.3 is 18.0 Å². The first-order chi connectivity index (χ1) is 12.2. The highest BCUT2D eigenvalue weighted by atomic mass is 16.5. The lowest BCUT2D eigenvalue weighted by Crippen LogP contribution is -2.45. The summed E-state index contributed by atoms with van der Waals surface area (Å²) in [5, 5.41) is 4.73. The molecule has 0 bridgehead atoms. The average molecular weight is 365 g/mol. The van der Waals surface area contributed by atoms with Gasteiger partial charge in [0, 0.05) is 11.7 Å². The Hall–Kier alpha value is -2.84. The van der Waals surface area contributed by atoms with E-state index in [0.717, 1.165) is 12.8 Å². The van der Waals surface area contributed by atoms with Gasteiger partial charge in [0.05, 0.1) is 12.2 Å². The van der Waals surface area contributed by atoms with Crippen LogP contribution < -0.4 is 10.6 Å². The molecule has 1 fully saturated rings. The van der Waals surface area contributed by atoms with Gasteiger partial charge in [0.25, 0.3) is 5.91 Å². The number of imide groups is 1. The SMILES string of the molecule is CCOC(=O)c1[nH]c(C)c(C(=O)O[C@@H](C)C(=O)NC(=O)NC2CC2)c1C. The minimum atomic E-state index is -1.17. The lowest BCUT2D eigenvalue weighted by molar-refractivity contribution is -0.127. The summed E-state index contributed by atoms with van der Waals surface area (Å²) in [6.07, 6.45) is 0.606. The van der Waals surface area contributed by atoms with Crippen LogP contribution in [0.4, 0.5) is 4.79 Å². The van der Waals surface area contributed by atoms with E-state index in [0.29, 0.717) is 11.3 Å². The molecule has 1 heterocycles. The van der Waals surface area contributed by atoms with Crippen molar-refractivity contribution >= 4 is 23.9 Å². The van der Waals surface area contributed by atoms with Crippen molar-refractivity contribution in [1.29, 1.82) is 0 Å². The van der Waals surface area contributed by atoms with Crippen molar-refractivity contribution in [2.24, 2.45) is 0 Å². The predicted molar refractivity (Wildman–Crippen MR) is 90.8 cm³/mol. The van der Waals surface area contributed by atoms with E-state index in [9.17, 15) is 19.2 Å². The molecule has 2 rings (SSSR count). The summed E-state index contributed by atoms with van der Waals surface area (Å²) in [6.45, 7) is 6.44. The summed E-state index contributed by atoms with van der Waals surface area (Å²) in [5.41, 5.74) is 1.13. The summed E-state index contributed by atoms with van der Waals surface area (Å²) in [4.78, 5) is 50.6. The zero-order valence-electron chi connectivity index (χ0n) is 15.2. The zero-order chi connectivity index (χ0) is 19.4. The van der Waals surface area contributed by atoms with Crippen LogP contribution in [-0.4, -0.2) is 47.6 Å². The molecule has 3 amide bonds. The number of aromatic amines is 1. The smallest absolute Gasteiger partial charge is 0.355 e. The largest absolute Gasteiger partial charge is 0.461 e. The number of aromatic nitrogens is 1. The van der Waals surface area contributed by atoms with Crippen LogP contribution >= 0.6 is 0 Å². The zero-order valence-corrected chi connectivity index (χ0v) is 15.2. The number of nitrogens with one attached hydrogen (secondary N) is 3. The third-order valence-electron chi connectivity index (χ3n) is 3.92. The van der Waals surface area contributed by atoms with Gasteiger partial charge in [-0.05, 0) is 46.1 Å². The third-order valence-corrected chi connectivity index (χ3v) is 3.92. The van der Waals surface area contributed by atoms with Crippen LogP contribution in [-0.2, 0) is 14.3 Å². The van der Waals surface area contributed by atoms with Gasteiger partial charge in [-0.3, -0.25) is 10.1 Å². The van der Waals surface area contributed by atoms with Gasteiger partial charge < -0.3 is 19.8 Å². The fourth-order valence-corrected chi connectivity index (χ4v) is 2.40. The number of aryl methyl sites for hydroxylation is 1. The number of urea groups is 1. The van der Waals surface area contributed by atoms with E-state index in [1.165, 1.54) is 6.92 Å². The molecule has 0 radical (unpaired) electrons. The maximum atomic E-state index is 12.4. The predicted octanol–water partition coefficient (Wildman–Crippen LogP) is 1.34. The quantitative estimate of drug-likeness (QED) is 0.653. The summed E-state index contributed by atoms with van der Waals surface area (Å²) in [5.74, 6) is -2.07. The van der Waals surface area contributed by atoms with Crippen LogP contribution in [0.1, 0.15) is 58.8 Å². The van der Waals surface area contributed by atoms with Crippen molar-refractivity contribution in [3.05, 3.63) is 22.5 Å². The number of carbonyl (C=O) groups excluding carboxylic acids is 4. The standard InChI is InChI=1S/C17H23N3O6/c1-5-25-16(23)13-8(2)12(9(3)18-13)15(22)26-10(4)14(21)20-17(24)19-11-6-7-11/h10-11,18H,5-7H2,1-4H3,(H2,19,20,21,24)/t10-/m0/s1. The number of H-pyrrole nitrogens is 1. The second-order valence-corrected chi connectivity index (χ2v) is 6.13. The van der Waals surface area contributed by atoms with Gasteiger partial charge in [0.1, 0.15) is 5.69 Å². The van der Waals surface area contributed by atoms with Crippen LogP contribution in [0.15, 0.2) is 0 Å². The maximum absolute atomic E-state index is 12.4. The Labute approximate surface area is 150 Å². The second-order valence-electron chi connectivity index (χ2n) is 6.13. The first kappa shape index (κ1) is 19.5. The molecule has 1 atom stereocenters. The molecule has 1 saturated carbocycles. The molecule has 0 spiro atoms. The number of rotatable bonds is 6. The van der Waals surface area contributed by atoms with Crippen LogP contribution in [0.5, 0.6) is 0 Å². The Kier molecular flexibility index (Phi) is 6.01. The number of amides is 3. The molecule has 3 N–H and O–H groups in total. The highest BCUT2D eigenvalue weighted by molar-refractivity contribution is 6.01. The van der Waals surface area contributed by atoms with Crippen LogP contribution in [0.3, 0.4) is 0 Å². The molecule has 26 heavy (non-hydrogen) atoms.